The number of aliphatic hydroxyl groups excluding tert-OH is 1. The lowest BCUT2D eigenvalue weighted by Gasteiger charge is -2.37. The Balaban J connectivity index is 1.28. The van der Waals surface area contributed by atoms with Crippen LogP contribution in [0.1, 0.15) is 32.1 Å². The molecule has 0 radical (unpaired) electrons. The number of fused-ring (bicyclic) bond motifs is 1. The highest BCUT2D eigenvalue weighted by molar-refractivity contribution is 7.80. The van der Waals surface area contributed by atoms with Gasteiger partial charge < -0.3 is 26.0 Å². The lowest BCUT2D eigenvalue weighted by atomic mass is 10.0. The molecular formula is C22H31N5O3S. The van der Waals surface area contributed by atoms with Gasteiger partial charge in [0.1, 0.15) is 0 Å². The number of carbonyl (C=O) groups is 2. The van der Waals surface area contributed by atoms with E-state index >= 15 is 0 Å². The van der Waals surface area contributed by atoms with E-state index in [-0.39, 0.29) is 36.0 Å². The Hall–Kier alpha value is -2.23. The van der Waals surface area contributed by atoms with Crippen LogP contribution in [-0.2, 0) is 9.59 Å². The maximum atomic E-state index is 12.6. The average molecular weight is 446 g/mol. The standard InChI is InChI=1S/C22H31N5O3S/c28-18-8-10-26(11-9-18)20(29)7-6-17-13-23-21(30)19-12-16(14-27(17)19)25-22(31)24-15-4-2-1-3-5-15/h1-5,16-19,28H,6-14H2,(H,23,30)(H2,24,25,31)/t16-,17+,19-/m0/s1. The molecule has 1 aromatic carbocycles. The molecule has 0 unspecified atom stereocenters. The molecule has 168 valence electrons. The van der Waals surface area contributed by atoms with Crippen molar-refractivity contribution in [1.82, 2.24) is 20.4 Å². The van der Waals surface area contributed by atoms with Crippen LogP contribution in [0, 0.1) is 0 Å². The molecule has 3 heterocycles. The summed E-state index contributed by atoms with van der Waals surface area (Å²) in [5.41, 5.74) is 0.926. The predicted molar refractivity (Wildman–Crippen MR) is 123 cm³/mol. The van der Waals surface area contributed by atoms with E-state index in [9.17, 15) is 14.7 Å². The minimum atomic E-state index is -0.283. The highest BCUT2D eigenvalue weighted by Gasteiger charge is 2.43. The zero-order valence-corrected chi connectivity index (χ0v) is 18.4. The van der Waals surface area contributed by atoms with Crippen molar-refractivity contribution in [3.63, 3.8) is 0 Å². The van der Waals surface area contributed by atoms with Gasteiger partial charge in [-0.3, -0.25) is 14.5 Å². The zero-order chi connectivity index (χ0) is 21.8. The van der Waals surface area contributed by atoms with Crippen LogP contribution < -0.4 is 16.0 Å². The molecule has 0 aliphatic carbocycles. The number of hydrogen-bond acceptors (Lipinski definition) is 5. The molecule has 3 fully saturated rings. The maximum absolute atomic E-state index is 12.6. The van der Waals surface area contributed by atoms with Gasteiger partial charge in [-0.05, 0) is 50.0 Å². The van der Waals surface area contributed by atoms with Gasteiger partial charge in [-0.15, -0.1) is 0 Å². The largest absolute Gasteiger partial charge is 0.393 e. The Morgan fingerprint density at radius 3 is 2.71 bits per heavy atom. The lowest BCUT2D eigenvalue weighted by Crippen LogP contribution is -2.58. The Kier molecular flexibility index (Phi) is 7.04. The van der Waals surface area contributed by atoms with Crippen LogP contribution in [0.5, 0.6) is 0 Å². The Bertz CT molecular complexity index is 800. The van der Waals surface area contributed by atoms with Crippen LogP contribution in [0.4, 0.5) is 5.69 Å². The summed E-state index contributed by atoms with van der Waals surface area (Å²) in [5.74, 6) is 0.196. The van der Waals surface area contributed by atoms with Crippen molar-refractivity contribution in [3.8, 4) is 0 Å². The van der Waals surface area contributed by atoms with Crippen LogP contribution >= 0.6 is 12.2 Å². The van der Waals surface area contributed by atoms with Crippen molar-refractivity contribution < 1.29 is 14.7 Å². The minimum Gasteiger partial charge on any atom is -0.393 e. The molecule has 9 heteroatoms. The van der Waals surface area contributed by atoms with Gasteiger partial charge in [-0.1, -0.05) is 18.2 Å². The second-order valence-corrected chi connectivity index (χ2v) is 9.07. The molecule has 4 rings (SSSR count). The maximum Gasteiger partial charge on any atom is 0.237 e. The van der Waals surface area contributed by atoms with Crippen LogP contribution in [0.15, 0.2) is 30.3 Å². The fourth-order valence-electron chi connectivity index (χ4n) is 4.79. The first-order valence-electron chi connectivity index (χ1n) is 11.1. The number of rotatable bonds is 5. The minimum absolute atomic E-state index is 0.0545. The van der Waals surface area contributed by atoms with Gasteiger partial charge in [0.2, 0.25) is 11.8 Å². The molecule has 0 saturated carbocycles. The zero-order valence-electron chi connectivity index (χ0n) is 17.6. The summed E-state index contributed by atoms with van der Waals surface area (Å²) in [7, 11) is 0. The molecule has 31 heavy (non-hydrogen) atoms. The number of carbonyl (C=O) groups excluding carboxylic acids is 2. The number of benzene rings is 1. The van der Waals surface area contributed by atoms with E-state index in [2.05, 4.69) is 20.9 Å². The molecular weight excluding hydrogens is 414 g/mol. The number of thiocarbonyl (C=S) groups is 1. The normalized spacial score (nSPS) is 26.8. The van der Waals surface area contributed by atoms with Crippen molar-refractivity contribution in [2.45, 2.75) is 56.3 Å². The fraction of sp³-hybridized carbons (Fsp3) is 0.591. The molecule has 3 saturated heterocycles. The number of aliphatic hydroxyl groups is 1. The third-order valence-electron chi connectivity index (χ3n) is 6.50. The molecule has 0 spiro atoms. The van der Waals surface area contributed by atoms with Crippen molar-refractivity contribution >= 4 is 34.8 Å². The van der Waals surface area contributed by atoms with Crippen molar-refractivity contribution in [3.05, 3.63) is 30.3 Å². The van der Waals surface area contributed by atoms with E-state index < -0.39 is 0 Å². The van der Waals surface area contributed by atoms with Gasteiger partial charge in [-0.25, -0.2) is 0 Å². The van der Waals surface area contributed by atoms with Gasteiger partial charge in [0.25, 0.3) is 0 Å². The van der Waals surface area contributed by atoms with Gasteiger partial charge in [-0.2, -0.15) is 0 Å². The van der Waals surface area contributed by atoms with Gasteiger partial charge in [0.05, 0.1) is 12.1 Å². The second kappa shape index (κ2) is 9.93. The molecule has 3 atom stereocenters. The molecule has 0 bridgehead atoms. The third-order valence-corrected chi connectivity index (χ3v) is 6.72. The third kappa shape index (κ3) is 5.53. The predicted octanol–water partition coefficient (Wildman–Crippen LogP) is 0.678. The first kappa shape index (κ1) is 22.0. The van der Waals surface area contributed by atoms with Crippen LogP contribution in [0.2, 0.25) is 0 Å². The van der Waals surface area contributed by atoms with E-state index in [1.54, 1.807) is 0 Å². The highest BCUT2D eigenvalue weighted by atomic mass is 32.1. The number of piperidine rings is 1. The molecule has 8 nitrogen and oxygen atoms in total. The van der Waals surface area contributed by atoms with E-state index in [0.29, 0.717) is 56.9 Å². The number of hydrogen-bond donors (Lipinski definition) is 4. The number of anilines is 1. The Morgan fingerprint density at radius 2 is 1.97 bits per heavy atom. The summed E-state index contributed by atoms with van der Waals surface area (Å²) in [6.07, 6.45) is 2.90. The second-order valence-electron chi connectivity index (χ2n) is 8.66. The fourth-order valence-corrected chi connectivity index (χ4v) is 5.07. The van der Waals surface area contributed by atoms with Crippen LogP contribution in [0.25, 0.3) is 0 Å². The summed E-state index contributed by atoms with van der Waals surface area (Å²) in [6.45, 7) is 2.56. The summed E-state index contributed by atoms with van der Waals surface area (Å²) in [5, 5.41) is 19.7. The van der Waals surface area contributed by atoms with E-state index in [0.717, 1.165) is 12.2 Å². The first-order valence-corrected chi connectivity index (χ1v) is 11.5. The smallest absolute Gasteiger partial charge is 0.237 e. The summed E-state index contributed by atoms with van der Waals surface area (Å²) in [4.78, 5) is 29.1. The topological polar surface area (TPSA) is 96.9 Å². The summed E-state index contributed by atoms with van der Waals surface area (Å²) >= 11 is 5.45. The SMILES string of the molecule is O=C1NC[C@@H](CCC(=O)N2CCC(O)CC2)N2C[C@@H](NC(=S)Nc3ccccc3)C[C@@H]12. The van der Waals surface area contributed by atoms with E-state index in [4.69, 9.17) is 12.2 Å². The lowest BCUT2D eigenvalue weighted by molar-refractivity contribution is -0.134. The molecule has 2 amide bonds. The van der Waals surface area contributed by atoms with Crippen LogP contribution in [0.3, 0.4) is 0 Å². The molecule has 1 aromatic rings. The molecule has 0 aromatic heterocycles. The van der Waals surface area contributed by atoms with Crippen molar-refractivity contribution in [2.75, 3.05) is 31.5 Å². The monoisotopic (exact) mass is 445 g/mol. The summed E-state index contributed by atoms with van der Waals surface area (Å²) < 4.78 is 0. The number of para-hydroxylation sites is 1. The number of amides is 2. The first-order chi connectivity index (χ1) is 15.0. The molecule has 3 aliphatic heterocycles. The van der Waals surface area contributed by atoms with Crippen molar-refractivity contribution in [2.24, 2.45) is 0 Å². The van der Waals surface area contributed by atoms with Crippen LogP contribution in [-0.4, -0.2) is 82.2 Å². The molecule has 4 N–H and O–H groups in total. The average Bonchev–Trinajstić information content (AvgIpc) is 3.19. The number of likely N-dealkylation sites (tertiary alicyclic amines) is 1. The number of nitrogens with zero attached hydrogens (tertiary/aromatic N) is 2. The van der Waals surface area contributed by atoms with Gasteiger partial charge in [0, 0.05) is 50.4 Å². The number of nitrogens with one attached hydrogen (secondary N) is 3. The van der Waals surface area contributed by atoms with E-state index in [1.807, 2.05) is 35.2 Å². The van der Waals surface area contributed by atoms with Gasteiger partial charge in [0.15, 0.2) is 5.11 Å². The van der Waals surface area contributed by atoms with E-state index in [1.165, 1.54) is 0 Å². The quantitative estimate of drug-likeness (QED) is 0.495. The Morgan fingerprint density at radius 1 is 1.23 bits per heavy atom. The molecule has 3 aliphatic rings. The van der Waals surface area contributed by atoms with Gasteiger partial charge >= 0.3 is 0 Å². The summed E-state index contributed by atoms with van der Waals surface area (Å²) in [6, 6.07) is 9.80. The van der Waals surface area contributed by atoms with Crippen molar-refractivity contribution in [1.29, 1.82) is 0 Å². The highest BCUT2D eigenvalue weighted by Crippen LogP contribution is 2.26. The Labute approximate surface area is 188 Å². The number of piperazine rings is 1.